The van der Waals surface area contributed by atoms with Gasteiger partial charge in [0.25, 0.3) is 0 Å². The van der Waals surface area contributed by atoms with Crippen molar-refractivity contribution in [2.45, 2.75) is 36.8 Å². The number of halogens is 3. The van der Waals surface area contributed by atoms with Crippen LogP contribution < -0.4 is 14.8 Å². The lowest BCUT2D eigenvalue weighted by atomic mass is 9.77. The lowest BCUT2D eigenvalue weighted by molar-refractivity contribution is -0.170. The summed E-state index contributed by atoms with van der Waals surface area (Å²) >= 11 is 0. The Labute approximate surface area is 204 Å². The van der Waals surface area contributed by atoms with Gasteiger partial charge in [0.15, 0.2) is 11.5 Å². The van der Waals surface area contributed by atoms with Crippen molar-refractivity contribution in [2.75, 3.05) is 40.5 Å². The standard InChI is InChI=1S/C23H27F3N2O8/c1-34-6-3-17(31)28(11-23(24,25)26)15-9-14(22(33)27-4-5-29)18-13-7-12(10-30)8-16(35-2)20(13)36-21(18)19(15)32/h7-10,15,18-19,21,29,32H,3-6,11H2,1-2H3,(H,27,33). The molecule has 0 saturated carbocycles. The summed E-state index contributed by atoms with van der Waals surface area (Å²) in [6, 6.07) is 1.25. The fourth-order valence-electron chi connectivity index (χ4n) is 4.44. The first-order chi connectivity index (χ1) is 17.1. The van der Waals surface area contributed by atoms with E-state index >= 15 is 0 Å². The molecular formula is C23H27F3N2O8. The summed E-state index contributed by atoms with van der Waals surface area (Å²) in [6.45, 7) is -2.37. The van der Waals surface area contributed by atoms with E-state index in [0.29, 0.717) is 16.7 Å². The third kappa shape index (κ3) is 5.63. The molecule has 3 rings (SSSR count). The predicted octanol–water partition coefficient (Wildman–Crippen LogP) is 0.558. The molecule has 2 aliphatic rings. The molecule has 0 fully saturated rings. The number of carbonyl (C=O) groups is 3. The lowest BCUT2D eigenvalue weighted by Crippen LogP contribution is -2.57. The predicted molar refractivity (Wildman–Crippen MR) is 118 cm³/mol. The van der Waals surface area contributed by atoms with Crippen LogP contribution in [-0.2, 0) is 14.3 Å². The van der Waals surface area contributed by atoms with Crippen LogP contribution in [0.3, 0.4) is 0 Å². The number of hydrogen-bond acceptors (Lipinski definition) is 8. The smallest absolute Gasteiger partial charge is 0.406 e. The number of benzene rings is 1. The maximum Gasteiger partial charge on any atom is 0.406 e. The van der Waals surface area contributed by atoms with Gasteiger partial charge in [0.05, 0.1) is 38.7 Å². The number of fused-ring (bicyclic) bond motifs is 3. The van der Waals surface area contributed by atoms with Crippen LogP contribution in [0.25, 0.3) is 0 Å². The second kappa shape index (κ2) is 11.3. The van der Waals surface area contributed by atoms with E-state index in [1.165, 1.54) is 26.4 Å². The minimum absolute atomic E-state index is 0.0840. The van der Waals surface area contributed by atoms with Gasteiger partial charge in [-0.2, -0.15) is 13.2 Å². The van der Waals surface area contributed by atoms with Crippen LogP contribution in [0.2, 0.25) is 0 Å². The topological polar surface area (TPSA) is 135 Å². The highest BCUT2D eigenvalue weighted by Crippen LogP contribution is 2.51. The van der Waals surface area contributed by atoms with Gasteiger partial charge in [-0.25, -0.2) is 0 Å². The molecule has 2 amide bonds. The molecule has 36 heavy (non-hydrogen) atoms. The first-order valence-corrected chi connectivity index (χ1v) is 11.0. The normalized spacial score (nSPS) is 22.6. The maximum absolute atomic E-state index is 13.4. The Hall–Kier alpha value is -3.16. The van der Waals surface area contributed by atoms with E-state index in [0.717, 1.165) is 6.08 Å². The van der Waals surface area contributed by atoms with Crippen molar-refractivity contribution in [3.8, 4) is 11.5 Å². The van der Waals surface area contributed by atoms with Crippen LogP contribution in [-0.4, -0.2) is 98.2 Å². The summed E-state index contributed by atoms with van der Waals surface area (Å²) in [5.74, 6) is -2.42. The number of amides is 2. The summed E-state index contributed by atoms with van der Waals surface area (Å²) in [7, 11) is 2.61. The molecule has 13 heteroatoms. The zero-order chi connectivity index (χ0) is 26.6. The van der Waals surface area contributed by atoms with Crippen molar-refractivity contribution in [3.05, 3.63) is 34.9 Å². The van der Waals surface area contributed by atoms with Gasteiger partial charge >= 0.3 is 6.18 Å². The monoisotopic (exact) mass is 516 g/mol. The van der Waals surface area contributed by atoms with Crippen molar-refractivity contribution in [3.63, 3.8) is 0 Å². The third-order valence-corrected chi connectivity index (χ3v) is 5.96. The number of carbonyl (C=O) groups excluding carboxylic acids is 3. The molecule has 0 bridgehead atoms. The van der Waals surface area contributed by atoms with Crippen LogP contribution >= 0.6 is 0 Å². The number of ether oxygens (including phenoxy) is 3. The zero-order valence-electron chi connectivity index (χ0n) is 19.6. The van der Waals surface area contributed by atoms with Gasteiger partial charge in [-0.3, -0.25) is 14.4 Å². The Balaban J connectivity index is 2.13. The number of nitrogens with zero attached hydrogens (tertiary/aromatic N) is 1. The second-order valence-electron chi connectivity index (χ2n) is 8.28. The summed E-state index contributed by atoms with van der Waals surface area (Å²) in [6.07, 6.45) is -6.47. The minimum atomic E-state index is -4.80. The third-order valence-electron chi connectivity index (χ3n) is 5.96. The Morgan fingerprint density at radius 1 is 1.28 bits per heavy atom. The average molecular weight is 516 g/mol. The first-order valence-electron chi connectivity index (χ1n) is 11.0. The molecule has 1 aromatic rings. The van der Waals surface area contributed by atoms with Crippen molar-refractivity contribution in [1.82, 2.24) is 10.2 Å². The first kappa shape index (κ1) is 27.4. The molecule has 3 N–H and O–H groups in total. The van der Waals surface area contributed by atoms with Gasteiger partial charge in [0, 0.05) is 30.4 Å². The molecule has 4 atom stereocenters. The minimum Gasteiger partial charge on any atom is -0.493 e. The number of methoxy groups -OCH3 is 2. The number of aliphatic hydroxyl groups excluding tert-OH is 2. The summed E-state index contributed by atoms with van der Waals surface area (Å²) < 4.78 is 56.3. The fraction of sp³-hybridized carbons (Fsp3) is 0.522. The van der Waals surface area contributed by atoms with Crippen LogP contribution in [0.1, 0.15) is 28.3 Å². The fourth-order valence-corrected chi connectivity index (χ4v) is 4.44. The molecular weight excluding hydrogens is 489 g/mol. The molecule has 198 valence electrons. The molecule has 1 aromatic carbocycles. The summed E-state index contributed by atoms with van der Waals surface area (Å²) in [5.41, 5.74) is 0.423. The van der Waals surface area contributed by atoms with E-state index in [2.05, 4.69) is 5.32 Å². The van der Waals surface area contributed by atoms with E-state index in [-0.39, 0.29) is 42.2 Å². The molecule has 4 unspecified atom stereocenters. The number of aldehydes is 1. The van der Waals surface area contributed by atoms with Gasteiger partial charge in [0.1, 0.15) is 25.0 Å². The number of alkyl halides is 3. The van der Waals surface area contributed by atoms with Gasteiger partial charge in [-0.05, 0) is 18.2 Å². The quantitative estimate of drug-likeness (QED) is 0.384. The molecule has 1 aliphatic carbocycles. The maximum atomic E-state index is 13.4. The molecule has 10 nitrogen and oxygen atoms in total. The second-order valence-corrected chi connectivity index (χ2v) is 8.28. The number of hydrogen-bond donors (Lipinski definition) is 3. The number of nitrogens with one attached hydrogen (secondary N) is 1. The molecule has 0 radical (unpaired) electrons. The van der Waals surface area contributed by atoms with Crippen molar-refractivity contribution < 1.29 is 52.0 Å². The molecule has 1 heterocycles. The molecule has 0 saturated heterocycles. The van der Waals surface area contributed by atoms with Crippen LogP contribution in [0, 0.1) is 0 Å². The van der Waals surface area contributed by atoms with Gasteiger partial charge in [0.2, 0.25) is 11.8 Å². The SMILES string of the molecule is COCCC(=O)N(CC(F)(F)F)C1C=C(C(=O)NCCO)C2c3cc(C=O)cc(OC)c3OC2C1O. The highest BCUT2D eigenvalue weighted by Gasteiger charge is 2.52. The van der Waals surface area contributed by atoms with E-state index in [1.807, 2.05) is 0 Å². The van der Waals surface area contributed by atoms with E-state index in [9.17, 15) is 32.7 Å². The highest BCUT2D eigenvalue weighted by atomic mass is 19.4. The Morgan fingerprint density at radius 3 is 2.58 bits per heavy atom. The van der Waals surface area contributed by atoms with Crippen LogP contribution in [0.4, 0.5) is 13.2 Å². The number of rotatable bonds is 10. The van der Waals surface area contributed by atoms with Crippen LogP contribution in [0.15, 0.2) is 23.8 Å². The van der Waals surface area contributed by atoms with Crippen molar-refractivity contribution >= 4 is 18.1 Å². The molecule has 1 aliphatic heterocycles. The lowest BCUT2D eigenvalue weighted by Gasteiger charge is -2.40. The van der Waals surface area contributed by atoms with Crippen LogP contribution in [0.5, 0.6) is 11.5 Å². The van der Waals surface area contributed by atoms with Gasteiger partial charge in [-0.1, -0.05) is 0 Å². The molecule has 0 aromatic heterocycles. The zero-order valence-corrected chi connectivity index (χ0v) is 19.6. The van der Waals surface area contributed by atoms with E-state index in [1.54, 1.807) is 0 Å². The Kier molecular flexibility index (Phi) is 8.59. The number of aliphatic hydroxyl groups is 2. The van der Waals surface area contributed by atoms with E-state index in [4.69, 9.17) is 19.3 Å². The van der Waals surface area contributed by atoms with Crippen molar-refractivity contribution in [2.24, 2.45) is 0 Å². The Bertz CT molecular complexity index is 1030. The molecule has 0 spiro atoms. The highest BCUT2D eigenvalue weighted by molar-refractivity contribution is 5.96. The van der Waals surface area contributed by atoms with Gasteiger partial charge < -0.3 is 34.6 Å². The Morgan fingerprint density at radius 2 is 2.00 bits per heavy atom. The van der Waals surface area contributed by atoms with Crippen molar-refractivity contribution in [1.29, 1.82) is 0 Å². The average Bonchev–Trinajstić information content (AvgIpc) is 3.23. The summed E-state index contributed by atoms with van der Waals surface area (Å²) in [4.78, 5) is 37.7. The van der Waals surface area contributed by atoms with Gasteiger partial charge in [-0.15, -0.1) is 0 Å². The van der Waals surface area contributed by atoms with E-state index < -0.39 is 55.3 Å². The summed E-state index contributed by atoms with van der Waals surface area (Å²) in [5, 5.41) is 22.7. The largest absolute Gasteiger partial charge is 0.493 e.